The molecule has 0 fully saturated rings. The first-order valence-corrected chi connectivity index (χ1v) is 8.83. The Morgan fingerprint density at radius 3 is 2.23 bits per heavy atom. The molecule has 0 saturated heterocycles. The van der Waals surface area contributed by atoms with Crippen molar-refractivity contribution in [3.63, 3.8) is 0 Å². The monoisotopic (exact) mass is 339 g/mol. The number of hydrogen-bond acceptors (Lipinski definition) is 1. The number of aromatic nitrogens is 1. The van der Waals surface area contributed by atoms with Gasteiger partial charge in [0.15, 0.2) is 5.43 Å². The van der Waals surface area contributed by atoms with E-state index < -0.39 is 0 Å². The number of allylic oxidation sites excluding steroid dienone is 7. The largest absolute Gasteiger partial charge is 0.339 e. The maximum absolute atomic E-state index is 12.9. The van der Waals surface area contributed by atoms with Crippen molar-refractivity contribution >= 4 is 21.8 Å². The smallest absolute Gasteiger partial charge is 0.197 e. The average Bonchev–Trinajstić information content (AvgIpc) is 2.87. The van der Waals surface area contributed by atoms with Crippen molar-refractivity contribution in [2.75, 3.05) is 0 Å². The van der Waals surface area contributed by atoms with Crippen molar-refractivity contribution in [1.82, 2.24) is 4.57 Å². The predicted octanol–water partition coefficient (Wildman–Crippen LogP) is 5.40. The Bertz CT molecular complexity index is 1100. The van der Waals surface area contributed by atoms with Gasteiger partial charge in [0.2, 0.25) is 0 Å². The summed E-state index contributed by atoms with van der Waals surface area (Å²) < 4.78 is 2.26. The SMILES string of the molecule is C=CC1=CC=CC(C)(Cn2c3ccccc3c(=O)c3ccccc32)C=C1. The Morgan fingerprint density at radius 2 is 1.62 bits per heavy atom. The molecular weight excluding hydrogens is 318 g/mol. The van der Waals surface area contributed by atoms with E-state index in [9.17, 15) is 4.79 Å². The fraction of sp³-hybridized carbons (Fsp3) is 0.125. The zero-order valence-corrected chi connectivity index (χ0v) is 14.9. The summed E-state index contributed by atoms with van der Waals surface area (Å²) in [6.07, 6.45) is 12.5. The van der Waals surface area contributed by atoms with Crippen molar-refractivity contribution in [3.05, 3.63) is 107 Å². The summed E-state index contributed by atoms with van der Waals surface area (Å²) in [5.41, 5.74) is 2.97. The molecule has 128 valence electrons. The number of para-hydroxylation sites is 2. The molecule has 0 saturated carbocycles. The molecule has 1 aromatic heterocycles. The second-order valence-electron chi connectivity index (χ2n) is 7.02. The van der Waals surface area contributed by atoms with Crippen LogP contribution in [0.25, 0.3) is 21.8 Å². The first-order valence-electron chi connectivity index (χ1n) is 8.83. The van der Waals surface area contributed by atoms with E-state index in [1.807, 2.05) is 54.6 Å². The molecule has 0 aliphatic heterocycles. The summed E-state index contributed by atoms with van der Waals surface area (Å²) in [4.78, 5) is 12.9. The van der Waals surface area contributed by atoms with Gasteiger partial charge in [-0.1, -0.05) is 74.2 Å². The minimum atomic E-state index is -0.165. The van der Waals surface area contributed by atoms with E-state index >= 15 is 0 Å². The van der Waals surface area contributed by atoms with Crippen LogP contribution in [-0.2, 0) is 6.54 Å². The van der Waals surface area contributed by atoms with Gasteiger partial charge in [0.25, 0.3) is 0 Å². The molecule has 2 heteroatoms. The Kier molecular flexibility index (Phi) is 3.96. The maximum Gasteiger partial charge on any atom is 0.197 e. The van der Waals surface area contributed by atoms with E-state index in [4.69, 9.17) is 0 Å². The topological polar surface area (TPSA) is 22.0 Å². The van der Waals surface area contributed by atoms with Gasteiger partial charge in [0, 0.05) is 22.7 Å². The van der Waals surface area contributed by atoms with Crippen LogP contribution in [-0.4, -0.2) is 4.57 Å². The number of benzene rings is 2. The van der Waals surface area contributed by atoms with E-state index in [1.54, 1.807) is 0 Å². The second-order valence-corrected chi connectivity index (χ2v) is 7.02. The molecule has 0 spiro atoms. The zero-order chi connectivity index (χ0) is 18.1. The molecule has 1 heterocycles. The van der Waals surface area contributed by atoms with E-state index in [-0.39, 0.29) is 10.8 Å². The van der Waals surface area contributed by atoms with Gasteiger partial charge >= 0.3 is 0 Å². The van der Waals surface area contributed by atoms with Crippen molar-refractivity contribution < 1.29 is 0 Å². The van der Waals surface area contributed by atoms with Crippen LogP contribution in [0.1, 0.15) is 6.92 Å². The number of nitrogens with zero attached hydrogens (tertiary/aromatic N) is 1. The highest BCUT2D eigenvalue weighted by atomic mass is 16.1. The van der Waals surface area contributed by atoms with Gasteiger partial charge in [-0.2, -0.15) is 0 Å². The van der Waals surface area contributed by atoms with Crippen LogP contribution in [0.2, 0.25) is 0 Å². The van der Waals surface area contributed by atoms with E-state index in [2.05, 4.69) is 48.4 Å². The summed E-state index contributed by atoms with van der Waals surface area (Å²) in [6.45, 7) is 6.82. The van der Waals surface area contributed by atoms with Crippen LogP contribution >= 0.6 is 0 Å². The van der Waals surface area contributed by atoms with Gasteiger partial charge < -0.3 is 4.57 Å². The number of fused-ring (bicyclic) bond motifs is 2. The summed E-state index contributed by atoms with van der Waals surface area (Å²) in [6, 6.07) is 15.7. The number of rotatable bonds is 3. The molecule has 1 atom stereocenters. The van der Waals surface area contributed by atoms with Crippen molar-refractivity contribution in [1.29, 1.82) is 0 Å². The second kappa shape index (κ2) is 6.30. The molecule has 2 nitrogen and oxygen atoms in total. The molecule has 1 unspecified atom stereocenters. The minimum absolute atomic E-state index is 0.0974. The van der Waals surface area contributed by atoms with Crippen LogP contribution in [0.5, 0.6) is 0 Å². The van der Waals surface area contributed by atoms with E-state index in [0.29, 0.717) is 0 Å². The highest BCUT2D eigenvalue weighted by Gasteiger charge is 2.21. The normalized spacial score (nSPS) is 19.5. The van der Waals surface area contributed by atoms with Crippen LogP contribution in [0.15, 0.2) is 102 Å². The predicted molar refractivity (Wildman–Crippen MR) is 110 cm³/mol. The molecule has 0 amide bonds. The molecule has 0 bridgehead atoms. The molecule has 2 aromatic carbocycles. The molecule has 0 radical (unpaired) electrons. The molecule has 26 heavy (non-hydrogen) atoms. The third-order valence-corrected chi connectivity index (χ3v) is 5.04. The summed E-state index contributed by atoms with van der Waals surface area (Å²) >= 11 is 0. The first-order chi connectivity index (χ1) is 12.6. The van der Waals surface area contributed by atoms with Crippen molar-refractivity contribution in [2.45, 2.75) is 13.5 Å². The van der Waals surface area contributed by atoms with Gasteiger partial charge in [-0.05, 0) is 29.8 Å². The Morgan fingerprint density at radius 1 is 1.00 bits per heavy atom. The summed E-state index contributed by atoms with van der Waals surface area (Å²) in [5, 5.41) is 1.53. The Labute approximate surface area is 153 Å². The van der Waals surface area contributed by atoms with Crippen LogP contribution in [0.4, 0.5) is 0 Å². The molecule has 1 aliphatic rings. The van der Waals surface area contributed by atoms with Gasteiger partial charge in [-0.25, -0.2) is 0 Å². The lowest BCUT2D eigenvalue weighted by Crippen LogP contribution is -2.21. The standard InChI is InChI=1S/C24H21NO/c1-3-18-9-8-15-24(2,16-14-18)17-25-21-12-6-4-10-19(21)23(26)20-11-5-7-13-22(20)25/h3-16H,1,17H2,2H3. The van der Waals surface area contributed by atoms with Gasteiger partial charge in [-0.15, -0.1) is 0 Å². The van der Waals surface area contributed by atoms with Crippen molar-refractivity contribution in [2.24, 2.45) is 5.41 Å². The van der Waals surface area contributed by atoms with Crippen molar-refractivity contribution in [3.8, 4) is 0 Å². The fourth-order valence-electron chi connectivity index (χ4n) is 3.61. The highest BCUT2D eigenvalue weighted by molar-refractivity contribution is 5.93. The fourth-order valence-corrected chi connectivity index (χ4v) is 3.61. The lowest BCUT2D eigenvalue weighted by molar-refractivity contribution is 0.466. The lowest BCUT2D eigenvalue weighted by atomic mass is 9.89. The zero-order valence-electron chi connectivity index (χ0n) is 14.9. The van der Waals surface area contributed by atoms with Crippen LogP contribution in [0, 0.1) is 5.41 Å². The van der Waals surface area contributed by atoms with E-state index in [1.165, 1.54) is 0 Å². The van der Waals surface area contributed by atoms with Gasteiger partial charge in [0.1, 0.15) is 0 Å². The summed E-state index contributed by atoms with van der Waals surface area (Å²) in [7, 11) is 0. The molecule has 4 rings (SSSR count). The molecule has 3 aromatic rings. The number of hydrogen-bond donors (Lipinski definition) is 0. The lowest BCUT2D eigenvalue weighted by Gasteiger charge is -2.26. The third-order valence-electron chi connectivity index (χ3n) is 5.04. The Hall–Kier alpha value is -3.13. The Balaban J connectivity index is 1.95. The maximum atomic E-state index is 12.9. The van der Waals surface area contributed by atoms with E-state index in [0.717, 1.165) is 33.9 Å². The molecule has 1 aliphatic carbocycles. The number of pyridine rings is 1. The van der Waals surface area contributed by atoms with Gasteiger partial charge in [0.05, 0.1) is 11.0 Å². The van der Waals surface area contributed by atoms with Crippen LogP contribution < -0.4 is 5.43 Å². The highest BCUT2D eigenvalue weighted by Crippen LogP contribution is 2.30. The van der Waals surface area contributed by atoms with Crippen LogP contribution in [0.3, 0.4) is 0 Å². The quantitative estimate of drug-likeness (QED) is 0.586. The molecule has 0 N–H and O–H groups in total. The third kappa shape index (κ3) is 2.74. The average molecular weight is 339 g/mol. The molecular formula is C24H21NO. The van der Waals surface area contributed by atoms with Gasteiger partial charge in [-0.3, -0.25) is 4.79 Å². The first kappa shape index (κ1) is 16.3. The minimum Gasteiger partial charge on any atom is -0.339 e. The summed E-state index contributed by atoms with van der Waals surface area (Å²) in [5.74, 6) is 0.